The number of anilines is 1. The maximum absolute atomic E-state index is 12.1. The third-order valence-corrected chi connectivity index (χ3v) is 4.76. The number of halogens is 1. The molecule has 1 heterocycles. The Labute approximate surface area is 172 Å². The second-order valence-electron chi connectivity index (χ2n) is 5.63. The second kappa shape index (κ2) is 9.43. The van der Waals surface area contributed by atoms with Crippen LogP contribution < -0.4 is 19.5 Å². The normalized spacial score (nSPS) is 10.4. The van der Waals surface area contributed by atoms with Crippen LogP contribution in [0.5, 0.6) is 17.2 Å². The lowest BCUT2D eigenvalue weighted by Crippen LogP contribution is -2.20. The van der Waals surface area contributed by atoms with E-state index < -0.39 is 0 Å². The van der Waals surface area contributed by atoms with Crippen LogP contribution in [0.4, 0.5) is 5.13 Å². The summed E-state index contributed by atoms with van der Waals surface area (Å²) in [5, 5.41) is 5.57. The van der Waals surface area contributed by atoms with Gasteiger partial charge in [0, 0.05) is 10.9 Å². The maximum atomic E-state index is 12.1. The van der Waals surface area contributed by atoms with Gasteiger partial charge in [-0.15, -0.1) is 11.3 Å². The van der Waals surface area contributed by atoms with Crippen molar-refractivity contribution in [1.29, 1.82) is 0 Å². The molecule has 0 saturated heterocycles. The van der Waals surface area contributed by atoms with E-state index in [9.17, 15) is 4.79 Å². The quantitative estimate of drug-likeness (QED) is 0.564. The van der Waals surface area contributed by atoms with Crippen LogP contribution in [0.25, 0.3) is 11.3 Å². The Morgan fingerprint density at radius 1 is 1.14 bits per heavy atom. The summed E-state index contributed by atoms with van der Waals surface area (Å²) in [6, 6.07) is 12.5. The van der Waals surface area contributed by atoms with Crippen LogP contribution in [-0.2, 0) is 4.79 Å². The van der Waals surface area contributed by atoms with Crippen LogP contribution in [-0.4, -0.2) is 31.2 Å². The molecule has 6 nitrogen and oxygen atoms in total. The summed E-state index contributed by atoms with van der Waals surface area (Å²) < 4.78 is 16.0. The molecule has 3 aromatic rings. The monoisotopic (exact) mass is 418 g/mol. The van der Waals surface area contributed by atoms with E-state index in [4.69, 9.17) is 25.8 Å². The number of hydrogen-bond acceptors (Lipinski definition) is 6. The summed E-state index contributed by atoms with van der Waals surface area (Å²) in [5.74, 6) is 1.66. The van der Waals surface area contributed by atoms with Gasteiger partial charge in [0.05, 0.1) is 24.4 Å². The fourth-order valence-corrected chi connectivity index (χ4v) is 3.39. The molecule has 0 fully saturated rings. The van der Waals surface area contributed by atoms with E-state index in [1.54, 1.807) is 43.5 Å². The molecule has 1 amide bonds. The van der Waals surface area contributed by atoms with Crippen molar-refractivity contribution in [2.24, 2.45) is 0 Å². The van der Waals surface area contributed by atoms with Gasteiger partial charge in [-0.2, -0.15) is 0 Å². The van der Waals surface area contributed by atoms with Crippen LogP contribution in [0.15, 0.2) is 47.8 Å². The molecule has 0 saturated carbocycles. The van der Waals surface area contributed by atoms with E-state index in [1.165, 1.54) is 11.3 Å². The zero-order valence-corrected chi connectivity index (χ0v) is 17.0. The molecule has 1 N–H and O–H groups in total. The van der Waals surface area contributed by atoms with Crippen molar-refractivity contribution in [1.82, 2.24) is 4.98 Å². The molecule has 8 heteroatoms. The van der Waals surface area contributed by atoms with Crippen molar-refractivity contribution in [3.8, 4) is 28.5 Å². The minimum absolute atomic E-state index is 0.114. The van der Waals surface area contributed by atoms with Gasteiger partial charge in [0.2, 0.25) is 0 Å². The number of methoxy groups -OCH3 is 1. The number of ether oxygens (including phenoxy) is 3. The molecule has 0 aliphatic rings. The summed E-state index contributed by atoms with van der Waals surface area (Å²) in [4.78, 5) is 16.5. The predicted molar refractivity (Wildman–Crippen MR) is 111 cm³/mol. The molecule has 1 aromatic heterocycles. The summed E-state index contributed by atoms with van der Waals surface area (Å²) in [6.45, 7) is 2.40. The van der Waals surface area contributed by atoms with Crippen LogP contribution >= 0.6 is 22.9 Å². The highest BCUT2D eigenvalue weighted by atomic mass is 35.5. The fraction of sp³-hybridized carbons (Fsp3) is 0.200. The second-order valence-corrected chi connectivity index (χ2v) is 6.89. The summed E-state index contributed by atoms with van der Waals surface area (Å²) >= 11 is 7.48. The number of carbonyl (C=O) groups excluding carboxylic acids is 1. The zero-order chi connectivity index (χ0) is 19.9. The van der Waals surface area contributed by atoms with Gasteiger partial charge in [-0.3, -0.25) is 10.1 Å². The number of thiazole rings is 1. The van der Waals surface area contributed by atoms with E-state index >= 15 is 0 Å². The van der Waals surface area contributed by atoms with Crippen LogP contribution in [0.2, 0.25) is 5.02 Å². The number of hydrogen-bond donors (Lipinski definition) is 1. The lowest BCUT2D eigenvalue weighted by Gasteiger charge is -2.07. The molecule has 28 heavy (non-hydrogen) atoms. The largest absolute Gasteiger partial charge is 0.495 e. The number of amides is 1. The molecule has 0 aliphatic carbocycles. The number of rotatable bonds is 8. The van der Waals surface area contributed by atoms with Crippen molar-refractivity contribution in [2.75, 3.05) is 25.6 Å². The molecule has 0 spiro atoms. The predicted octanol–water partition coefficient (Wildman–Crippen LogP) is 4.89. The average molecular weight is 419 g/mol. The Morgan fingerprint density at radius 3 is 2.50 bits per heavy atom. The van der Waals surface area contributed by atoms with Gasteiger partial charge < -0.3 is 14.2 Å². The molecule has 0 atom stereocenters. The Balaban J connectivity index is 1.55. The van der Waals surface area contributed by atoms with E-state index in [-0.39, 0.29) is 12.5 Å². The lowest BCUT2D eigenvalue weighted by molar-refractivity contribution is -0.118. The van der Waals surface area contributed by atoms with Gasteiger partial charge in [-0.1, -0.05) is 11.6 Å². The number of nitrogens with zero attached hydrogens (tertiary/aromatic N) is 1. The zero-order valence-electron chi connectivity index (χ0n) is 15.4. The minimum atomic E-state index is -0.289. The smallest absolute Gasteiger partial charge is 0.264 e. The Hall–Kier alpha value is -2.77. The first-order valence-electron chi connectivity index (χ1n) is 8.54. The molecular formula is C20H19ClN2O4S. The van der Waals surface area contributed by atoms with Crippen molar-refractivity contribution in [2.45, 2.75) is 6.92 Å². The topological polar surface area (TPSA) is 69.7 Å². The van der Waals surface area contributed by atoms with E-state index in [0.29, 0.717) is 28.3 Å². The fourth-order valence-electron chi connectivity index (χ4n) is 2.39. The first kappa shape index (κ1) is 20.0. The third kappa shape index (κ3) is 5.15. The van der Waals surface area contributed by atoms with Crippen LogP contribution in [0, 0.1) is 0 Å². The van der Waals surface area contributed by atoms with Gasteiger partial charge in [-0.25, -0.2) is 4.98 Å². The van der Waals surface area contributed by atoms with Gasteiger partial charge in [0.25, 0.3) is 5.91 Å². The standard InChI is InChI=1S/C20H19ClN2O4S/c1-3-26-14-5-7-15(8-6-14)27-11-19(24)23-20-22-17(12-28-20)13-4-9-18(25-2)16(21)10-13/h4-10,12H,3,11H2,1-2H3,(H,22,23,24). The van der Waals surface area contributed by atoms with Crippen molar-refractivity contribution >= 4 is 34.0 Å². The first-order valence-corrected chi connectivity index (χ1v) is 9.79. The SMILES string of the molecule is CCOc1ccc(OCC(=O)Nc2nc(-c3ccc(OC)c(Cl)c3)cs2)cc1. The van der Waals surface area contributed by atoms with Crippen molar-refractivity contribution in [3.63, 3.8) is 0 Å². The molecule has 146 valence electrons. The number of benzene rings is 2. The molecule has 2 aromatic carbocycles. The van der Waals surface area contributed by atoms with Gasteiger partial charge in [0.15, 0.2) is 11.7 Å². The molecular weight excluding hydrogens is 400 g/mol. The first-order chi connectivity index (χ1) is 13.6. The van der Waals surface area contributed by atoms with Gasteiger partial charge in [-0.05, 0) is 49.4 Å². The van der Waals surface area contributed by atoms with E-state index in [2.05, 4.69) is 10.3 Å². The Kier molecular flexibility index (Phi) is 6.73. The minimum Gasteiger partial charge on any atom is -0.495 e. The summed E-state index contributed by atoms with van der Waals surface area (Å²) in [7, 11) is 1.56. The van der Waals surface area contributed by atoms with Crippen LogP contribution in [0.1, 0.15) is 6.92 Å². The summed E-state index contributed by atoms with van der Waals surface area (Å²) in [5.41, 5.74) is 1.56. The molecule has 0 unspecified atom stereocenters. The lowest BCUT2D eigenvalue weighted by atomic mass is 10.2. The Morgan fingerprint density at radius 2 is 1.86 bits per heavy atom. The maximum Gasteiger partial charge on any atom is 0.264 e. The van der Waals surface area contributed by atoms with Crippen LogP contribution in [0.3, 0.4) is 0 Å². The van der Waals surface area contributed by atoms with Crippen molar-refractivity contribution in [3.05, 3.63) is 52.9 Å². The van der Waals surface area contributed by atoms with E-state index in [0.717, 1.165) is 17.0 Å². The van der Waals surface area contributed by atoms with Crippen molar-refractivity contribution < 1.29 is 19.0 Å². The molecule has 0 aliphatic heterocycles. The number of carbonyl (C=O) groups is 1. The number of nitrogens with one attached hydrogen (secondary N) is 1. The highest BCUT2D eigenvalue weighted by molar-refractivity contribution is 7.14. The molecule has 0 radical (unpaired) electrons. The van der Waals surface area contributed by atoms with Gasteiger partial charge >= 0.3 is 0 Å². The molecule has 3 rings (SSSR count). The van der Waals surface area contributed by atoms with E-state index in [1.807, 2.05) is 18.4 Å². The Bertz CT molecular complexity index is 944. The molecule has 0 bridgehead atoms. The number of aromatic nitrogens is 1. The highest BCUT2D eigenvalue weighted by Crippen LogP contribution is 2.31. The van der Waals surface area contributed by atoms with Gasteiger partial charge in [0.1, 0.15) is 17.2 Å². The third-order valence-electron chi connectivity index (χ3n) is 3.70. The summed E-state index contributed by atoms with van der Waals surface area (Å²) in [6.07, 6.45) is 0. The highest BCUT2D eigenvalue weighted by Gasteiger charge is 2.10. The average Bonchev–Trinajstić information content (AvgIpc) is 3.16.